The molecule has 0 aliphatic rings. The molecule has 2 nitrogen and oxygen atoms in total. The Bertz CT molecular complexity index is 1990. The normalized spacial score (nSPS) is 11.8. The van der Waals surface area contributed by atoms with Gasteiger partial charge in [-0.2, -0.15) is 0 Å². The largest absolute Gasteiger partial charge is 0.309 e. The summed E-state index contributed by atoms with van der Waals surface area (Å²) in [6, 6.07) is 42.5. The molecular weight excluding hydrogens is 498 g/mol. The number of benzene rings is 6. The molecule has 0 atom stereocenters. The van der Waals surface area contributed by atoms with Crippen LogP contribution in [0.5, 0.6) is 0 Å². The van der Waals surface area contributed by atoms with Gasteiger partial charge in [0.25, 0.3) is 0 Å². The van der Waals surface area contributed by atoms with Crippen molar-refractivity contribution in [2.75, 3.05) is 0 Å². The average molecular weight is 521 g/mol. The van der Waals surface area contributed by atoms with E-state index in [0.717, 1.165) is 55.0 Å². The smallest absolute Gasteiger partial charge is 0.131 e. The van der Waals surface area contributed by atoms with E-state index < -0.39 is 11.6 Å². The predicted octanol–water partition coefficient (Wildman–Crippen LogP) is 9.83. The molecule has 40 heavy (non-hydrogen) atoms. The highest BCUT2D eigenvalue weighted by atomic mass is 19.1. The van der Waals surface area contributed by atoms with Gasteiger partial charge in [0.2, 0.25) is 0 Å². The molecule has 8 rings (SSSR count). The van der Waals surface area contributed by atoms with Crippen LogP contribution in [0.2, 0.25) is 0 Å². The molecule has 4 heteroatoms. The average Bonchev–Trinajstić information content (AvgIpc) is 3.51. The first kappa shape index (κ1) is 22.7. The summed E-state index contributed by atoms with van der Waals surface area (Å²) in [6.45, 7) is 0. The molecule has 0 saturated heterocycles. The highest BCUT2D eigenvalue weighted by molar-refractivity contribution is 6.10. The second-order valence-corrected chi connectivity index (χ2v) is 10.1. The fraction of sp³-hybridized carbons (Fsp3) is 0. The van der Waals surface area contributed by atoms with Crippen LogP contribution in [0, 0.1) is 11.6 Å². The van der Waals surface area contributed by atoms with Crippen molar-refractivity contribution in [3.63, 3.8) is 0 Å². The number of hydrogen-bond acceptors (Lipinski definition) is 0. The van der Waals surface area contributed by atoms with Crippen LogP contribution in [0.3, 0.4) is 0 Å². The summed E-state index contributed by atoms with van der Waals surface area (Å²) >= 11 is 0. The zero-order valence-corrected chi connectivity index (χ0v) is 21.4. The standard InChI is InChI=1S/C36H22F2N2/c37-31-19-17-23(39-33-13-5-1-9-25(33)26-10-2-6-14-34(26)39)21-29(31)30-22-24(18-20-32(30)38)40-35-15-7-3-11-27(35)28-12-4-8-16-36(28)40/h1-22H. The van der Waals surface area contributed by atoms with Gasteiger partial charge in [-0.05, 0) is 60.7 Å². The molecule has 0 aliphatic heterocycles. The molecule has 2 aromatic heterocycles. The maximum atomic E-state index is 15.5. The van der Waals surface area contributed by atoms with Crippen LogP contribution >= 0.6 is 0 Å². The Kier molecular flexibility index (Phi) is 4.92. The molecule has 0 unspecified atom stereocenters. The maximum Gasteiger partial charge on any atom is 0.131 e. The number of aromatic nitrogens is 2. The molecule has 0 bridgehead atoms. The Morgan fingerprint density at radius 1 is 0.350 bits per heavy atom. The van der Waals surface area contributed by atoms with Crippen molar-refractivity contribution in [2.45, 2.75) is 0 Å². The Hall–Kier alpha value is -5.22. The van der Waals surface area contributed by atoms with Gasteiger partial charge in [0.05, 0.1) is 22.1 Å². The predicted molar refractivity (Wildman–Crippen MR) is 160 cm³/mol. The number of fused-ring (bicyclic) bond motifs is 6. The number of halogens is 2. The number of para-hydroxylation sites is 4. The van der Waals surface area contributed by atoms with Gasteiger partial charge in [-0.15, -0.1) is 0 Å². The molecule has 6 aromatic carbocycles. The highest BCUT2D eigenvalue weighted by Gasteiger charge is 2.18. The van der Waals surface area contributed by atoms with E-state index >= 15 is 8.78 Å². The Labute approximate surface area is 228 Å². The highest BCUT2D eigenvalue weighted by Crippen LogP contribution is 2.37. The first-order valence-electron chi connectivity index (χ1n) is 13.3. The second kappa shape index (κ2) is 8.65. The van der Waals surface area contributed by atoms with Crippen molar-refractivity contribution < 1.29 is 8.78 Å². The van der Waals surface area contributed by atoms with Gasteiger partial charge in [0, 0.05) is 44.0 Å². The number of rotatable bonds is 3. The summed E-state index contributed by atoms with van der Waals surface area (Å²) in [5, 5.41) is 4.46. The summed E-state index contributed by atoms with van der Waals surface area (Å²) in [4.78, 5) is 0. The van der Waals surface area contributed by atoms with Crippen LogP contribution < -0.4 is 0 Å². The summed E-state index contributed by atoms with van der Waals surface area (Å²) in [6.07, 6.45) is 0. The first-order chi connectivity index (χ1) is 19.7. The monoisotopic (exact) mass is 520 g/mol. The van der Waals surface area contributed by atoms with Crippen molar-refractivity contribution >= 4 is 43.6 Å². The third-order valence-corrected chi connectivity index (χ3v) is 7.87. The fourth-order valence-corrected chi connectivity index (χ4v) is 6.12. The van der Waals surface area contributed by atoms with E-state index in [4.69, 9.17) is 0 Å². The minimum Gasteiger partial charge on any atom is -0.309 e. The van der Waals surface area contributed by atoms with Crippen molar-refractivity contribution in [3.8, 4) is 22.5 Å². The Morgan fingerprint density at radius 2 is 0.650 bits per heavy atom. The van der Waals surface area contributed by atoms with E-state index in [2.05, 4.69) is 57.7 Å². The lowest BCUT2D eigenvalue weighted by atomic mass is 10.0. The van der Waals surface area contributed by atoms with Gasteiger partial charge in [0.15, 0.2) is 0 Å². The van der Waals surface area contributed by atoms with Crippen LogP contribution in [0.15, 0.2) is 133 Å². The summed E-state index contributed by atoms with van der Waals surface area (Å²) in [5.41, 5.74) is 6.05. The van der Waals surface area contributed by atoms with E-state index in [1.807, 2.05) is 48.5 Å². The SMILES string of the molecule is Fc1ccc(-n2c3ccccc3c3ccccc32)cc1-c1cc(-n2c3ccccc3c3ccccc32)ccc1F. The van der Waals surface area contributed by atoms with Gasteiger partial charge in [-0.25, -0.2) is 8.78 Å². The maximum absolute atomic E-state index is 15.5. The van der Waals surface area contributed by atoms with Crippen molar-refractivity contribution in [1.29, 1.82) is 0 Å². The van der Waals surface area contributed by atoms with E-state index in [9.17, 15) is 0 Å². The van der Waals surface area contributed by atoms with Crippen LogP contribution in [-0.4, -0.2) is 9.13 Å². The molecular formula is C36H22F2N2. The molecule has 2 heterocycles. The van der Waals surface area contributed by atoms with Crippen molar-refractivity contribution in [2.24, 2.45) is 0 Å². The van der Waals surface area contributed by atoms with Gasteiger partial charge in [-0.1, -0.05) is 72.8 Å². The lowest BCUT2D eigenvalue weighted by Gasteiger charge is -2.14. The molecule has 0 amide bonds. The zero-order chi connectivity index (χ0) is 26.8. The third-order valence-electron chi connectivity index (χ3n) is 7.87. The fourth-order valence-electron chi connectivity index (χ4n) is 6.12. The molecule has 0 radical (unpaired) electrons. The molecule has 8 aromatic rings. The minimum atomic E-state index is -0.470. The summed E-state index contributed by atoms with van der Waals surface area (Å²) in [5.74, 6) is -0.939. The zero-order valence-electron chi connectivity index (χ0n) is 21.4. The topological polar surface area (TPSA) is 9.86 Å². The third kappa shape index (κ3) is 3.26. The van der Waals surface area contributed by atoms with Gasteiger partial charge < -0.3 is 9.13 Å². The van der Waals surface area contributed by atoms with E-state index in [1.165, 1.54) is 12.1 Å². The molecule has 0 fully saturated rings. The van der Waals surface area contributed by atoms with E-state index in [0.29, 0.717) is 0 Å². The van der Waals surface area contributed by atoms with Crippen LogP contribution in [-0.2, 0) is 0 Å². The summed E-state index contributed by atoms with van der Waals surface area (Å²) < 4.78 is 35.2. The molecule has 0 aliphatic carbocycles. The van der Waals surface area contributed by atoms with Gasteiger partial charge in [-0.3, -0.25) is 0 Å². The summed E-state index contributed by atoms with van der Waals surface area (Å²) in [7, 11) is 0. The van der Waals surface area contributed by atoms with Crippen molar-refractivity contribution in [3.05, 3.63) is 145 Å². The molecule has 0 spiro atoms. The first-order valence-corrected chi connectivity index (χ1v) is 13.3. The van der Waals surface area contributed by atoms with Crippen molar-refractivity contribution in [1.82, 2.24) is 9.13 Å². The second-order valence-electron chi connectivity index (χ2n) is 10.1. The quantitative estimate of drug-likeness (QED) is 0.219. The minimum absolute atomic E-state index is 0.222. The van der Waals surface area contributed by atoms with Crippen LogP contribution in [0.25, 0.3) is 66.1 Å². The van der Waals surface area contributed by atoms with Gasteiger partial charge >= 0.3 is 0 Å². The van der Waals surface area contributed by atoms with E-state index in [-0.39, 0.29) is 11.1 Å². The molecule has 0 saturated carbocycles. The Morgan fingerprint density at radius 3 is 0.975 bits per heavy atom. The molecule has 190 valence electrons. The van der Waals surface area contributed by atoms with E-state index in [1.54, 1.807) is 24.3 Å². The van der Waals surface area contributed by atoms with Crippen LogP contribution in [0.4, 0.5) is 8.78 Å². The lowest BCUT2D eigenvalue weighted by Crippen LogP contribution is -1.99. The number of nitrogens with zero attached hydrogens (tertiary/aromatic N) is 2. The Balaban J connectivity index is 1.36. The van der Waals surface area contributed by atoms with Gasteiger partial charge in [0.1, 0.15) is 11.6 Å². The molecule has 0 N–H and O–H groups in total. The number of hydrogen-bond donors (Lipinski definition) is 0. The van der Waals surface area contributed by atoms with Crippen LogP contribution in [0.1, 0.15) is 0 Å². The lowest BCUT2D eigenvalue weighted by molar-refractivity contribution is 0.616.